The van der Waals surface area contributed by atoms with Gasteiger partial charge in [-0.1, -0.05) is 13.3 Å². The maximum Gasteiger partial charge on any atom is 0.334 e. The van der Waals surface area contributed by atoms with Gasteiger partial charge in [0.2, 0.25) is 5.82 Å². The summed E-state index contributed by atoms with van der Waals surface area (Å²) in [7, 11) is 1.74. The van der Waals surface area contributed by atoms with Crippen LogP contribution in [0.4, 0.5) is 11.5 Å². The fourth-order valence-electron chi connectivity index (χ4n) is 2.49. The minimum atomic E-state index is -0.338. The van der Waals surface area contributed by atoms with Gasteiger partial charge in [0.1, 0.15) is 5.69 Å². The Morgan fingerprint density at radius 1 is 1.60 bits per heavy atom. The summed E-state index contributed by atoms with van der Waals surface area (Å²) < 4.78 is 1.60. The summed E-state index contributed by atoms with van der Waals surface area (Å²) >= 11 is 0. The Bertz CT molecular complexity index is 542. The van der Waals surface area contributed by atoms with E-state index in [2.05, 4.69) is 11.2 Å². The van der Waals surface area contributed by atoms with Crippen molar-refractivity contribution in [1.29, 1.82) is 5.26 Å². The van der Waals surface area contributed by atoms with Gasteiger partial charge in [-0.2, -0.15) is 10.4 Å². The number of aryl methyl sites for hydroxylation is 2. The molecule has 2 rings (SSSR count). The van der Waals surface area contributed by atoms with Crippen LogP contribution in [0.25, 0.3) is 0 Å². The highest BCUT2D eigenvalue weighted by molar-refractivity contribution is 5.63. The standard InChI is InChI=1S/C13H19N5O2/c1-3-5-11-12(18(19)20)13(16(2)15-11)17(9-4-8-14)10-6-7-10/h10H,3-7,9H2,1-2H3. The quantitative estimate of drug-likeness (QED) is 0.563. The summed E-state index contributed by atoms with van der Waals surface area (Å²) in [5.74, 6) is 0.552. The van der Waals surface area contributed by atoms with Crippen molar-refractivity contribution in [3.05, 3.63) is 15.8 Å². The third-order valence-electron chi connectivity index (χ3n) is 3.46. The predicted octanol–water partition coefficient (Wildman–Crippen LogP) is 2.16. The van der Waals surface area contributed by atoms with Crippen molar-refractivity contribution in [3.63, 3.8) is 0 Å². The third-order valence-corrected chi connectivity index (χ3v) is 3.46. The fourth-order valence-corrected chi connectivity index (χ4v) is 2.49. The number of nitro groups is 1. The zero-order valence-electron chi connectivity index (χ0n) is 11.9. The van der Waals surface area contributed by atoms with Crippen LogP contribution in [0.3, 0.4) is 0 Å². The van der Waals surface area contributed by atoms with Crippen LogP contribution in [0.2, 0.25) is 0 Å². The van der Waals surface area contributed by atoms with Gasteiger partial charge in [-0.25, -0.2) is 4.68 Å². The third kappa shape index (κ3) is 2.74. The first-order chi connectivity index (χ1) is 9.60. The molecule has 0 unspecified atom stereocenters. The highest BCUT2D eigenvalue weighted by Gasteiger charge is 2.37. The van der Waals surface area contributed by atoms with Crippen molar-refractivity contribution in [1.82, 2.24) is 9.78 Å². The van der Waals surface area contributed by atoms with Crippen LogP contribution >= 0.6 is 0 Å². The van der Waals surface area contributed by atoms with E-state index in [0.29, 0.717) is 36.9 Å². The first-order valence-corrected chi connectivity index (χ1v) is 6.94. The van der Waals surface area contributed by atoms with Crippen molar-refractivity contribution in [2.24, 2.45) is 7.05 Å². The fraction of sp³-hybridized carbons (Fsp3) is 0.692. The zero-order chi connectivity index (χ0) is 14.7. The summed E-state index contributed by atoms with van der Waals surface area (Å²) in [6, 6.07) is 2.42. The Labute approximate surface area is 117 Å². The molecule has 0 spiro atoms. The summed E-state index contributed by atoms with van der Waals surface area (Å²) in [5.41, 5.74) is 0.650. The Balaban J connectivity index is 2.42. The second-order valence-corrected chi connectivity index (χ2v) is 5.08. The Hall–Kier alpha value is -2.10. The van der Waals surface area contributed by atoms with Crippen LogP contribution in [0, 0.1) is 21.4 Å². The highest BCUT2D eigenvalue weighted by atomic mass is 16.6. The van der Waals surface area contributed by atoms with Crippen LogP contribution in [0.1, 0.15) is 38.3 Å². The Kier molecular flexibility index (Phi) is 4.23. The van der Waals surface area contributed by atoms with E-state index in [1.807, 2.05) is 11.8 Å². The van der Waals surface area contributed by atoms with E-state index in [1.54, 1.807) is 11.7 Å². The smallest absolute Gasteiger partial charge is 0.334 e. The van der Waals surface area contributed by atoms with Crippen LogP contribution in [-0.2, 0) is 13.5 Å². The maximum absolute atomic E-state index is 11.4. The van der Waals surface area contributed by atoms with E-state index in [4.69, 9.17) is 5.26 Å². The van der Waals surface area contributed by atoms with E-state index in [-0.39, 0.29) is 10.6 Å². The molecule has 0 aliphatic heterocycles. The van der Waals surface area contributed by atoms with E-state index in [9.17, 15) is 10.1 Å². The molecule has 1 aromatic rings. The lowest BCUT2D eigenvalue weighted by Gasteiger charge is -2.22. The number of hydrogen-bond donors (Lipinski definition) is 0. The normalized spacial score (nSPS) is 14.1. The summed E-state index contributed by atoms with van der Waals surface area (Å²) in [4.78, 5) is 13.1. The van der Waals surface area contributed by atoms with Gasteiger partial charge in [-0.15, -0.1) is 0 Å². The Morgan fingerprint density at radius 2 is 2.30 bits per heavy atom. The lowest BCUT2D eigenvalue weighted by Crippen LogP contribution is -2.29. The molecule has 0 aromatic carbocycles. The molecular weight excluding hydrogens is 258 g/mol. The molecule has 1 saturated carbocycles. The Morgan fingerprint density at radius 3 is 2.80 bits per heavy atom. The van der Waals surface area contributed by atoms with Crippen molar-refractivity contribution in [2.45, 2.75) is 45.1 Å². The minimum absolute atomic E-state index is 0.110. The summed E-state index contributed by atoms with van der Waals surface area (Å²) in [5, 5.41) is 24.5. The lowest BCUT2D eigenvalue weighted by atomic mass is 10.2. The van der Waals surface area contributed by atoms with Gasteiger partial charge in [-0.05, 0) is 19.3 Å². The molecule has 108 valence electrons. The summed E-state index contributed by atoms with van der Waals surface area (Å²) in [6.07, 6.45) is 3.83. The molecule has 1 aliphatic carbocycles. The monoisotopic (exact) mass is 277 g/mol. The summed E-state index contributed by atoms with van der Waals surface area (Å²) in [6.45, 7) is 2.50. The molecule has 0 atom stereocenters. The molecule has 7 heteroatoms. The van der Waals surface area contributed by atoms with E-state index in [1.165, 1.54) is 0 Å². The predicted molar refractivity (Wildman–Crippen MR) is 74.5 cm³/mol. The minimum Gasteiger partial charge on any atom is -0.347 e. The number of nitrogens with zero attached hydrogens (tertiary/aromatic N) is 5. The molecule has 0 saturated heterocycles. The topological polar surface area (TPSA) is 88.0 Å². The van der Waals surface area contributed by atoms with Gasteiger partial charge in [0, 0.05) is 19.6 Å². The number of anilines is 1. The maximum atomic E-state index is 11.4. The number of nitriles is 1. The largest absolute Gasteiger partial charge is 0.347 e. The molecule has 1 fully saturated rings. The van der Waals surface area contributed by atoms with Gasteiger partial charge < -0.3 is 4.90 Å². The van der Waals surface area contributed by atoms with Gasteiger partial charge in [0.15, 0.2) is 0 Å². The first-order valence-electron chi connectivity index (χ1n) is 6.94. The van der Waals surface area contributed by atoms with Crippen molar-refractivity contribution >= 4 is 11.5 Å². The average Bonchev–Trinajstić information content (AvgIpc) is 3.16. The van der Waals surface area contributed by atoms with Crippen LogP contribution in [0.15, 0.2) is 0 Å². The number of aromatic nitrogens is 2. The molecule has 1 heterocycles. The molecule has 0 radical (unpaired) electrons. The highest BCUT2D eigenvalue weighted by Crippen LogP contribution is 2.38. The zero-order valence-corrected chi connectivity index (χ0v) is 11.9. The molecule has 1 aliphatic rings. The van der Waals surface area contributed by atoms with Crippen molar-refractivity contribution in [3.8, 4) is 6.07 Å². The molecule has 0 N–H and O–H groups in total. The van der Waals surface area contributed by atoms with E-state index >= 15 is 0 Å². The van der Waals surface area contributed by atoms with Gasteiger partial charge >= 0.3 is 5.69 Å². The van der Waals surface area contributed by atoms with Gasteiger partial charge in [0.05, 0.1) is 17.4 Å². The molecule has 20 heavy (non-hydrogen) atoms. The molecule has 0 bridgehead atoms. The van der Waals surface area contributed by atoms with Gasteiger partial charge in [-0.3, -0.25) is 10.1 Å². The van der Waals surface area contributed by atoms with Gasteiger partial charge in [0.25, 0.3) is 0 Å². The van der Waals surface area contributed by atoms with E-state index in [0.717, 1.165) is 19.3 Å². The molecular formula is C13H19N5O2. The first kappa shape index (κ1) is 14.3. The number of hydrogen-bond acceptors (Lipinski definition) is 5. The van der Waals surface area contributed by atoms with E-state index < -0.39 is 0 Å². The average molecular weight is 277 g/mol. The lowest BCUT2D eigenvalue weighted by molar-refractivity contribution is -0.384. The second kappa shape index (κ2) is 5.90. The molecule has 1 aromatic heterocycles. The van der Waals surface area contributed by atoms with Crippen molar-refractivity contribution < 1.29 is 4.92 Å². The SMILES string of the molecule is CCCc1nn(C)c(N(CCC#N)C2CC2)c1[N+](=O)[O-]. The molecule has 0 amide bonds. The van der Waals surface area contributed by atoms with Crippen LogP contribution < -0.4 is 4.90 Å². The van der Waals surface area contributed by atoms with Crippen LogP contribution in [0.5, 0.6) is 0 Å². The second-order valence-electron chi connectivity index (χ2n) is 5.08. The molecule has 7 nitrogen and oxygen atoms in total. The van der Waals surface area contributed by atoms with Crippen LogP contribution in [-0.4, -0.2) is 27.3 Å². The van der Waals surface area contributed by atoms with Crippen molar-refractivity contribution in [2.75, 3.05) is 11.4 Å². The number of rotatable bonds is 7.